The van der Waals surface area contributed by atoms with Crippen LogP contribution < -0.4 is 10.6 Å². The fraction of sp³-hybridized carbons (Fsp3) is 0.562. The smallest absolute Gasteiger partial charge is 0.191 e. The Kier molecular flexibility index (Phi) is 11.3. The third kappa shape index (κ3) is 8.26. The number of nitrogens with one attached hydrogen (secondary N) is 2. The number of aliphatic imine (C=N–C) groups is 1. The lowest BCUT2D eigenvalue weighted by molar-refractivity contribution is 0.241. The highest BCUT2D eigenvalue weighted by molar-refractivity contribution is 14.0. The number of guanidine groups is 1. The minimum Gasteiger partial charge on any atom is -0.396 e. The van der Waals surface area contributed by atoms with Crippen LogP contribution in [0.2, 0.25) is 0 Å². The van der Waals surface area contributed by atoms with Crippen molar-refractivity contribution in [3.63, 3.8) is 0 Å². The molecule has 0 saturated carbocycles. The second kappa shape index (κ2) is 11.8. The second-order valence-electron chi connectivity index (χ2n) is 5.20. The van der Waals surface area contributed by atoms with E-state index in [9.17, 15) is 0 Å². The van der Waals surface area contributed by atoms with Crippen LogP contribution >= 0.6 is 24.0 Å². The molecule has 0 radical (unpaired) electrons. The van der Waals surface area contributed by atoms with Gasteiger partial charge in [0.05, 0.1) is 0 Å². The average molecular weight is 405 g/mol. The number of hydrogen-bond donors (Lipinski definition) is 3. The van der Waals surface area contributed by atoms with E-state index < -0.39 is 0 Å². The molecule has 0 aromatic heterocycles. The van der Waals surface area contributed by atoms with Gasteiger partial charge >= 0.3 is 0 Å². The largest absolute Gasteiger partial charge is 0.396 e. The van der Waals surface area contributed by atoms with Gasteiger partial charge in [-0.05, 0) is 24.3 Å². The molecule has 21 heavy (non-hydrogen) atoms. The quantitative estimate of drug-likeness (QED) is 0.371. The van der Waals surface area contributed by atoms with Gasteiger partial charge in [0.25, 0.3) is 0 Å². The topological polar surface area (TPSA) is 56.7 Å². The van der Waals surface area contributed by atoms with Gasteiger partial charge in [0.2, 0.25) is 0 Å². The number of hydrogen-bond acceptors (Lipinski definition) is 2. The first-order chi connectivity index (χ1) is 9.67. The maximum atomic E-state index is 9.03. The number of halogens is 1. The predicted octanol–water partition coefficient (Wildman–Crippen LogP) is 2.59. The van der Waals surface area contributed by atoms with E-state index in [1.165, 1.54) is 5.56 Å². The molecule has 1 aromatic rings. The zero-order valence-electron chi connectivity index (χ0n) is 13.2. The zero-order chi connectivity index (χ0) is 14.8. The van der Waals surface area contributed by atoms with Crippen LogP contribution in [0, 0.1) is 5.92 Å². The molecule has 0 saturated heterocycles. The predicted molar refractivity (Wildman–Crippen MR) is 101 cm³/mol. The zero-order valence-corrected chi connectivity index (χ0v) is 15.5. The highest BCUT2D eigenvalue weighted by Crippen LogP contribution is 2.12. The van der Waals surface area contributed by atoms with Gasteiger partial charge in [0, 0.05) is 26.2 Å². The summed E-state index contributed by atoms with van der Waals surface area (Å²) in [5, 5.41) is 15.6. The van der Waals surface area contributed by atoms with Crippen molar-refractivity contribution >= 4 is 29.9 Å². The van der Waals surface area contributed by atoms with Crippen LogP contribution in [-0.4, -0.2) is 37.3 Å². The molecule has 120 valence electrons. The van der Waals surface area contributed by atoms with Gasteiger partial charge in [-0.3, -0.25) is 4.99 Å². The first-order valence-electron chi connectivity index (χ1n) is 7.35. The van der Waals surface area contributed by atoms with Crippen molar-refractivity contribution in [2.45, 2.75) is 26.7 Å². The Morgan fingerprint density at radius 3 is 2.43 bits per heavy atom. The summed E-state index contributed by atoms with van der Waals surface area (Å²) >= 11 is 0. The van der Waals surface area contributed by atoms with Crippen molar-refractivity contribution in [3.8, 4) is 0 Å². The van der Waals surface area contributed by atoms with Crippen LogP contribution in [0.15, 0.2) is 35.3 Å². The monoisotopic (exact) mass is 405 g/mol. The molecule has 4 nitrogen and oxygen atoms in total. The molecule has 0 bridgehead atoms. The van der Waals surface area contributed by atoms with Crippen LogP contribution in [-0.2, 0) is 0 Å². The molecular weight excluding hydrogens is 377 g/mol. The van der Waals surface area contributed by atoms with Crippen LogP contribution in [0.25, 0.3) is 0 Å². The van der Waals surface area contributed by atoms with E-state index in [0.717, 1.165) is 19.0 Å². The molecule has 0 aliphatic rings. The summed E-state index contributed by atoms with van der Waals surface area (Å²) in [6, 6.07) is 10.4. The third-order valence-corrected chi connectivity index (χ3v) is 3.16. The normalized spacial score (nSPS) is 14.0. The van der Waals surface area contributed by atoms with Crippen LogP contribution in [0.4, 0.5) is 0 Å². The first kappa shape index (κ1) is 20.2. The van der Waals surface area contributed by atoms with Gasteiger partial charge in [0.15, 0.2) is 5.96 Å². The number of aliphatic hydroxyl groups is 1. The van der Waals surface area contributed by atoms with Crippen molar-refractivity contribution in [1.29, 1.82) is 0 Å². The lowest BCUT2D eigenvalue weighted by atomic mass is 10.0. The van der Waals surface area contributed by atoms with E-state index in [-0.39, 0.29) is 36.5 Å². The van der Waals surface area contributed by atoms with E-state index in [1.807, 2.05) is 19.9 Å². The Morgan fingerprint density at radius 2 is 1.86 bits per heavy atom. The fourth-order valence-corrected chi connectivity index (χ4v) is 1.80. The van der Waals surface area contributed by atoms with Gasteiger partial charge in [-0.1, -0.05) is 44.2 Å². The first-order valence-corrected chi connectivity index (χ1v) is 7.35. The van der Waals surface area contributed by atoms with Gasteiger partial charge in [-0.2, -0.15) is 0 Å². The summed E-state index contributed by atoms with van der Waals surface area (Å²) in [7, 11) is 0. The Labute approximate surface area is 145 Å². The molecule has 1 rings (SSSR count). The standard InChI is InChI=1S/C16H27N3O.HI/c1-4-17-16(18-10-13(2)12-20)19-11-14(3)15-8-6-5-7-9-15;/h5-9,13-14,20H,4,10-12H2,1-3H3,(H2,17,18,19);1H. The van der Waals surface area contributed by atoms with Crippen molar-refractivity contribution in [2.24, 2.45) is 10.9 Å². The minimum atomic E-state index is 0. The molecule has 0 fully saturated rings. The molecular formula is C16H28IN3O. The Balaban J connectivity index is 0.00000400. The van der Waals surface area contributed by atoms with E-state index in [4.69, 9.17) is 5.11 Å². The van der Waals surface area contributed by atoms with E-state index in [1.54, 1.807) is 0 Å². The summed E-state index contributed by atoms with van der Waals surface area (Å²) in [6.07, 6.45) is 0. The SMILES string of the molecule is CCNC(=NCC(C)CO)NCC(C)c1ccccc1.I. The molecule has 1 aromatic carbocycles. The molecule has 0 spiro atoms. The number of benzene rings is 1. The summed E-state index contributed by atoms with van der Waals surface area (Å²) in [5.41, 5.74) is 1.32. The molecule has 0 aliphatic heterocycles. The van der Waals surface area contributed by atoms with E-state index in [0.29, 0.717) is 12.5 Å². The van der Waals surface area contributed by atoms with Gasteiger partial charge in [-0.15, -0.1) is 24.0 Å². The summed E-state index contributed by atoms with van der Waals surface area (Å²) in [6.45, 7) is 8.70. The maximum absolute atomic E-state index is 9.03. The number of nitrogens with zero attached hydrogens (tertiary/aromatic N) is 1. The molecule has 3 N–H and O–H groups in total. The lowest BCUT2D eigenvalue weighted by Gasteiger charge is -2.16. The fourth-order valence-electron chi connectivity index (χ4n) is 1.80. The Bertz CT molecular complexity index is 398. The van der Waals surface area contributed by atoms with E-state index in [2.05, 4.69) is 46.8 Å². The minimum absolute atomic E-state index is 0. The van der Waals surface area contributed by atoms with Gasteiger partial charge in [-0.25, -0.2) is 0 Å². The summed E-state index contributed by atoms with van der Waals surface area (Å²) < 4.78 is 0. The van der Waals surface area contributed by atoms with Crippen molar-refractivity contribution in [2.75, 3.05) is 26.2 Å². The molecule has 2 atom stereocenters. The van der Waals surface area contributed by atoms with Crippen molar-refractivity contribution < 1.29 is 5.11 Å². The van der Waals surface area contributed by atoms with Crippen LogP contribution in [0.1, 0.15) is 32.3 Å². The van der Waals surface area contributed by atoms with Crippen molar-refractivity contribution in [3.05, 3.63) is 35.9 Å². The van der Waals surface area contributed by atoms with Gasteiger partial charge in [0.1, 0.15) is 0 Å². The highest BCUT2D eigenvalue weighted by atomic mass is 127. The Hall–Kier alpha value is -0.820. The summed E-state index contributed by atoms with van der Waals surface area (Å²) in [5.74, 6) is 1.43. The maximum Gasteiger partial charge on any atom is 0.191 e. The number of rotatable bonds is 7. The highest BCUT2D eigenvalue weighted by Gasteiger charge is 2.06. The molecule has 5 heteroatoms. The van der Waals surface area contributed by atoms with Crippen LogP contribution in [0.5, 0.6) is 0 Å². The molecule has 0 aliphatic carbocycles. The van der Waals surface area contributed by atoms with Gasteiger partial charge < -0.3 is 15.7 Å². The third-order valence-electron chi connectivity index (χ3n) is 3.16. The summed E-state index contributed by atoms with van der Waals surface area (Å²) in [4.78, 5) is 4.48. The van der Waals surface area contributed by atoms with Crippen molar-refractivity contribution in [1.82, 2.24) is 10.6 Å². The Morgan fingerprint density at radius 1 is 1.19 bits per heavy atom. The van der Waals surface area contributed by atoms with E-state index >= 15 is 0 Å². The molecule has 2 unspecified atom stereocenters. The average Bonchev–Trinajstić information content (AvgIpc) is 2.50. The molecule has 0 heterocycles. The lowest BCUT2D eigenvalue weighted by Crippen LogP contribution is -2.39. The second-order valence-corrected chi connectivity index (χ2v) is 5.20. The number of aliphatic hydroxyl groups excluding tert-OH is 1. The van der Waals surface area contributed by atoms with Crippen LogP contribution in [0.3, 0.4) is 0 Å². The molecule has 0 amide bonds.